The molecule has 0 saturated heterocycles. The topological polar surface area (TPSA) is 84.9 Å². The average Bonchev–Trinajstić information content (AvgIpc) is 2.51. The van der Waals surface area contributed by atoms with Gasteiger partial charge in [-0.05, 0) is 37.5 Å². The van der Waals surface area contributed by atoms with E-state index in [2.05, 4.69) is 5.32 Å². The number of hydrogen-bond donors (Lipinski definition) is 2. The van der Waals surface area contributed by atoms with Crippen molar-refractivity contribution in [2.45, 2.75) is 33.6 Å². The van der Waals surface area contributed by atoms with Crippen molar-refractivity contribution in [1.82, 2.24) is 5.32 Å². The molecule has 1 unspecified atom stereocenters. The number of carbonyl (C=O) groups is 2. The maximum absolute atomic E-state index is 12.2. The van der Waals surface area contributed by atoms with Crippen molar-refractivity contribution in [2.24, 2.45) is 5.92 Å². The fourth-order valence-electron chi connectivity index (χ4n) is 1.99. The van der Waals surface area contributed by atoms with Crippen LogP contribution in [0.4, 0.5) is 0 Å². The van der Waals surface area contributed by atoms with Crippen molar-refractivity contribution in [3.05, 3.63) is 23.8 Å². The Bertz CT molecular complexity index is 530. The number of rotatable bonds is 10. The smallest absolute Gasteiger partial charge is 0.303 e. The highest BCUT2D eigenvalue weighted by molar-refractivity contribution is 5.94. The predicted octanol–water partition coefficient (Wildman–Crippen LogP) is 2.71. The monoisotopic (exact) mass is 323 g/mol. The van der Waals surface area contributed by atoms with E-state index in [1.807, 2.05) is 13.8 Å². The fraction of sp³-hybridized carbons (Fsp3) is 0.529. The summed E-state index contributed by atoms with van der Waals surface area (Å²) in [6.45, 7) is 7.02. The van der Waals surface area contributed by atoms with Crippen molar-refractivity contribution in [1.29, 1.82) is 0 Å². The van der Waals surface area contributed by atoms with Crippen LogP contribution in [0.15, 0.2) is 18.2 Å². The molecule has 1 amide bonds. The molecule has 6 nitrogen and oxygen atoms in total. The van der Waals surface area contributed by atoms with Gasteiger partial charge in [0.1, 0.15) is 0 Å². The maximum Gasteiger partial charge on any atom is 0.303 e. The van der Waals surface area contributed by atoms with E-state index < -0.39 is 5.97 Å². The van der Waals surface area contributed by atoms with Gasteiger partial charge in [-0.2, -0.15) is 0 Å². The van der Waals surface area contributed by atoms with E-state index in [0.717, 1.165) is 6.42 Å². The Hall–Kier alpha value is -2.24. The van der Waals surface area contributed by atoms with Crippen molar-refractivity contribution >= 4 is 11.9 Å². The summed E-state index contributed by atoms with van der Waals surface area (Å²) in [6, 6.07) is 5.03. The molecule has 0 aliphatic heterocycles. The van der Waals surface area contributed by atoms with Gasteiger partial charge in [-0.3, -0.25) is 9.59 Å². The van der Waals surface area contributed by atoms with Crippen LogP contribution in [0, 0.1) is 5.92 Å². The lowest BCUT2D eigenvalue weighted by molar-refractivity contribution is -0.137. The van der Waals surface area contributed by atoms with Crippen molar-refractivity contribution in [3.63, 3.8) is 0 Å². The third-order valence-electron chi connectivity index (χ3n) is 3.10. The minimum absolute atomic E-state index is 0.0221. The highest BCUT2D eigenvalue weighted by atomic mass is 16.5. The molecule has 1 aromatic carbocycles. The lowest BCUT2D eigenvalue weighted by Crippen LogP contribution is -2.29. The molecule has 0 fully saturated rings. The summed E-state index contributed by atoms with van der Waals surface area (Å²) in [6.07, 6.45) is 0.906. The second-order valence-corrected chi connectivity index (χ2v) is 5.36. The van der Waals surface area contributed by atoms with E-state index in [4.69, 9.17) is 14.6 Å². The van der Waals surface area contributed by atoms with Crippen LogP contribution in [0.5, 0.6) is 11.5 Å². The second kappa shape index (κ2) is 9.71. The quantitative estimate of drug-likeness (QED) is 0.691. The number of ether oxygens (including phenoxy) is 2. The summed E-state index contributed by atoms with van der Waals surface area (Å²) >= 11 is 0. The molecular formula is C17H25NO5. The molecule has 128 valence electrons. The number of aliphatic carboxylic acids is 1. The SMILES string of the molecule is CCCOc1ccc(C(=O)NCC(C)CC(=O)O)cc1OCC. The van der Waals surface area contributed by atoms with Gasteiger partial charge >= 0.3 is 5.97 Å². The molecule has 1 aromatic rings. The molecule has 0 aliphatic carbocycles. The molecule has 0 radical (unpaired) electrons. The highest BCUT2D eigenvalue weighted by Crippen LogP contribution is 2.28. The number of hydrogen-bond acceptors (Lipinski definition) is 4. The van der Waals surface area contributed by atoms with Gasteiger partial charge in [-0.25, -0.2) is 0 Å². The molecule has 1 atom stereocenters. The van der Waals surface area contributed by atoms with Crippen molar-refractivity contribution < 1.29 is 24.2 Å². The third kappa shape index (κ3) is 6.59. The van der Waals surface area contributed by atoms with Crippen LogP contribution in [0.2, 0.25) is 0 Å². The van der Waals surface area contributed by atoms with Gasteiger partial charge in [0.25, 0.3) is 5.91 Å². The van der Waals surface area contributed by atoms with Gasteiger partial charge in [-0.1, -0.05) is 13.8 Å². The number of benzene rings is 1. The number of carboxylic acids is 1. The summed E-state index contributed by atoms with van der Waals surface area (Å²) in [5, 5.41) is 11.5. The zero-order valence-electron chi connectivity index (χ0n) is 13.9. The summed E-state index contributed by atoms with van der Waals surface area (Å²) in [4.78, 5) is 22.8. The zero-order valence-corrected chi connectivity index (χ0v) is 13.9. The fourth-order valence-corrected chi connectivity index (χ4v) is 1.99. The van der Waals surface area contributed by atoms with Gasteiger partial charge in [0.05, 0.1) is 13.2 Å². The van der Waals surface area contributed by atoms with Gasteiger partial charge < -0.3 is 19.9 Å². The summed E-state index contributed by atoms with van der Waals surface area (Å²) in [7, 11) is 0. The largest absolute Gasteiger partial charge is 0.490 e. The van der Waals surface area contributed by atoms with Crippen LogP contribution in [-0.2, 0) is 4.79 Å². The van der Waals surface area contributed by atoms with Gasteiger partial charge in [0, 0.05) is 18.5 Å². The number of amides is 1. The Balaban J connectivity index is 2.72. The standard InChI is InChI=1S/C17H25NO5/c1-4-8-23-14-7-6-13(10-15(14)22-5-2)17(21)18-11-12(3)9-16(19)20/h6-7,10,12H,4-5,8-9,11H2,1-3H3,(H,18,21)(H,19,20). The van der Waals surface area contributed by atoms with E-state index in [-0.39, 0.29) is 18.2 Å². The third-order valence-corrected chi connectivity index (χ3v) is 3.10. The summed E-state index contributed by atoms with van der Waals surface area (Å²) < 4.78 is 11.1. The minimum atomic E-state index is -0.872. The molecule has 0 saturated carbocycles. The molecule has 6 heteroatoms. The van der Waals surface area contributed by atoms with E-state index in [1.54, 1.807) is 25.1 Å². The Morgan fingerprint density at radius 3 is 2.57 bits per heavy atom. The summed E-state index contributed by atoms with van der Waals surface area (Å²) in [5.41, 5.74) is 0.458. The number of nitrogens with one attached hydrogen (secondary N) is 1. The first-order valence-corrected chi connectivity index (χ1v) is 7.87. The van der Waals surface area contributed by atoms with E-state index in [0.29, 0.717) is 36.8 Å². The van der Waals surface area contributed by atoms with Crippen molar-refractivity contribution in [2.75, 3.05) is 19.8 Å². The van der Waals surface area contributed by atoms with E-state index >= 15 is 0 Å². The lowest BCUT2D eigenvalue weighted by atomic mass is 10.1. The molecule has 0 heterocycles. The first-order valence-electron chi connectivity index (χ1n) is 7.87. The second-order valence-electron chi connectivity index (χ2n) is 5.36. The van der Waals surface area contributed by atoms with Gasteiger partial charge in [0.2, 0.25) is 0 Å². The molecule has 1 rings (SSSR count). The van der Waals surface area contributed by atoms with Crippen LogP contribution < -0.4 is 14.8 Å². The molecule has 2 N–H and O–H groups in total. The normalized spacial score (nSPS) is 11.6. The lowest BCUT2D eigenvalue weighted by Gasteiger charge is -2.14. The van der Waals surface area contributed by atoms with Crippen LogP contribution in [0.3, 0.4) is 0 Å². The molecule has 23 heavy (non-hydrogen) atoms. The molecule has 0 aliphatic rings. The Morgan fingerprint density at radius 1 is 1.22 bits per heavy atom. The molecule has 0 aromatic heterocycles. The van der Waals surface area contributed by atoms with E-state index in [9.17, 15) is 9.59 Å². The van der Waals surface area contributed by atoms with Crippen LogP contribution in [-0.4, -0.2) is 36.7 Å². The Kier molecular flexibility index (Phi) is 7.94. The highest BCUT2D eigenvalue weighted by Gasteiger charge is 2.13. The molecule has 0 bridgehead atoms. The Labute approximate surface area is 136 Å². The van der Waals surface area contributed by atoms with E-state index in [1.165, 1.54) is 0 Å². The predicted molar refractivity (Wildman–Crippen MR) is 87.1 cm³/mol. The Morgan fingerprint density at radius 2 is 1.96 bits per heavy atom. The van der Waals surface area contributed by atoms with Crippen LogP contribution >= 0.6 is 0 Å². The van der Waals surface area contributed by atoms with Crippen LogP contribution in [0.1, 0.15) is 44.0 Å². The van der Waals surface area contributed by atoms with Crippen molar-refractivity contribution in [3.8, 4) is 11.5 Å². The minimum Gasteiger partial charge on any atom is -0.490 e. The molecular weight excluding hydrogens is 298 g/mol. The summed E-state index contributed by atoms with van der Waals surface area (Å²) in [5.74, 6) is -0.111. The zero-order chi connectivity index (χ0) is 17.2. The van der Waals surface area contributed by atoms with Gasteiger partial charge in [0.15, 0.2) is 11.5 Å². The average molecular weight is 323 g/mol. The number of carboxylic acid groups (broad SMARTS) is 1. The first kappa shape index (κ1) is 18.8. The van der Waals surface area contributed by atoms with Crippen LogP contribution in [0.25, 0.3) is 0 Å². The molecule has 0 spiro atoms. The maximum atomic E-state index is 12.2. The first-order chi connectivity index (χ1) is 11.0. The van der Waals surface area contributed by atoms with Gasteiger partial charge in [-0.15, -0.1) is 0 Å². The number of carbonyl (C=O) groups excluding carboxylic acids is 1.